The molecule has 0 aromatic carbocycles. The summed E-state index contributed by atoms with van der Waals surface area (Å²) < 4.78 is 0. The third-order valence-electron chi connectivity index (χ3n) is 5.27. The molecule has 2 saturated carbocycles. The lowest BCUT2D eigenvalue weighted by Gasteiger charge is -2.44. The molecular formula is C16H31N. The van der Waals surface area contributed by atoms with Crippen LogP contribution in [0.4, 0.5) is 0 Å². The van der Waals surface area contributed by atoms with Gasteiger partial charge in [0.15, 0.2) is 0 Å². The lowest BCUT2D eigenvalue weighted by atomic mass is 9.66. The highest BCUT2D eigenvalue weighted by Crippen LogP contribution is 2.43. The Balaban J connectivity index is 1.91. The van der Waals surface area contributed by atoms with Crippen molar-refractivity contribution < 1.29 is 0 Å². The summed E-state index contributed by atoms with van der Waals surface area (Å²) in [7, 11) is 0. The van der Waals surface area contributed by atoms with Gasteiger partial charge in [-0.25, -0.2) is 0 Å². The second kappa shape index (κ2) is 6.22. The average molecular weight is 237 g/mol. The highest BCUT2D eigenvalue weighted by atomic mass is 14.9. The van der Waals surface area contributed by atoms with Gasteiger partial charge in [0, 0.05) is 6.04 Å². The van der Waals surface area contributed by atoms with Crippen molar-refractivity contribution in [2.24, 2.45) is 11.3 Å². The Morgan fingerprint density at radius 3 is 2.35 bits per heavy atom. The predicted molar refractivity (Wildman–Crippen MR) is 75.2 cm³/mol. The van der Waals surface area contributed by atoms with Crippen LogP contribution in [0.25, 0.3) is 0 Å². The maximum absolute atomic E-state index is 3.88. The van der Waals surface area contributed by atoms with E-state index in [1.54, 1.807) is 0 Å². The fourth-order valence-electron chi connectivity index (χ4n) is 3.70. The lowest BCUT2D eigenvalue weighted by molar-refractivity contribution is 0.109. The van der Waals surface area contributed by atoms with Gasteiger partial charge in [-0.15, -0.1) is 0 Å². The van der Waals surface area contributed by atoms with Crippen LogP contribution in [0.5, 0.6) is 0 Å². The zero-order valence-corrected chi connectivity index (χ0v) is 11.9. The second-order valence-electron chi connectivity index (χ2n) is 6.75. The maximum Gasteiger partial charge on any atom is 0.0123 e. The lowest BCUT2D eigenvalue weighted by Crippen LogP contribution is -2.46. The van der Waals surface area contributed by atoms with Gasteiger partial charge in [-0.2, -0.15) is 0 Å². The van der Waals surface area contributed by atoms with E-state index in [2.05, 4.69) is 19.2 Å². The van der Waals surface area contributed by atoms with Crippen molar-refractivity contribution in [1.29, 1.82) is 0 Å². The molecule has 100 valence electrons. The van der Waals surface area contributed by atoms with Crippen molar-refractivity contribution in [1.82, 2.24) is 5.32 Å². The summed E-state index contributed by atoms with van der Waals surface area (Å²) in [6.07, 6.45) is 14.5. The highest BCUT2D eigenvalue weighted by Gasteiger charge is 2.37. The molecule has 0 aromatic heterocycles. The van der Waals surface area contributed by atoms with Crippen molar-refractivity contribution >= 4 is 0 Å². The Labute approximate surface area is 108 Å². The first-order valence-electron chi connectivity index (χ1n) is 7.98. The van der Waals surface area contributed by atoms with Gasteiger partial charge < -0.3 is 5.32 Å². The standard InChI is InChI=1S/C16H31N/c1-3-12-17-15(13-14-8-7-9-14)16(2)10-5-4-6-11-16/h14-15,17H,3-13H2,1-2H3. The van der Waals surface area contributed by atoms with Crippen LogP contribution in [0.15, 0.2) is 0 Å². The molecule has 2 aliphatic carbocycles. The third-order valence-corrected chi connectivity index (χ3v) is 5.27. The monoisotopic (exact) mass is 237 g/mol. The zero-order valence-electron chi connectivity index (χ0n) is 11.9. The minimum atomic E-state index is 0.600. The van der Waals surface area contributed by atoms with E-state index >= 15 is 0 Å². The van der Waals surface area contributed by atoms with Gasteiger partial charge in [0.1, 0.15) is 0 Å². The quantitative estimate of drug-likeness (QED) is 0.716. The van der Waals surface area contributed by atoms with E-state index in [1.807, 2.05) is 0 Å². The van der Waals surface area contributed by atoms with Gasteiger partial charge in [0.05, 0.1) is 0 Å². The first kappa shape index (κ1) is 13.4. The Kier molecular flexibility index (Phi) is 4.90. The maximum atomic E-state index is 3.88. The first-order valence-corrected chi connectivity index (χ1v) is 7.98. The third kappa shape index (κ3) is 3.47. The molecule has 0 saturated heterocycles. The first-order chi connectivity index (χ1) is 8.24. The van der Waals surface area contributed by atoms with Crippen LogP contribution in [0.1, 0.15) is 78.1 Å². The number of hydrogen-bond donors (Lipinski definition) is 1. The molecule has 0 bridgehead atoms. The molecule has 0 aromatic rings. The van der Waals surface area contributed by atoms with Gasteiger partial charge in [0.2, 0.25) is 0 Å². The van der Waals surface area contributed by atoms with Crippen molar-refractivity contribution in [2.45, 2.75) is 84.1 Å². The molecule has 2 rings (SSSR count). The van der Waals surface area contributed by atoms with Crippen molar-refractivity contribution in [3.63, 3.8) is 0 Å². The van der Waals surface area contributed by atoms with E-state index in [4.69, 9.17) is 0 Å². The van der Waals surface area contributed by atoms with E-state index in [0.717, 1.165) is 12.0 Å². The van der Waals surface area contributed by atoms with Crippen molar-refractivity contribution in [2.75, 3.05) is 6.54 Å². The summed E-state index contributed by atoms with van der Waals surface area (Å²) in [5.74, 6) is 1.04. The van der Waals surface area contributed by atoms with Crippen LogP contribution in [0, 0.1) is 11.3 Å². The SMILES string of the molecule is CCCNC(CC1CCC1)C1(C)CCCCC1. The average Bonchev–Trinajstić information content (AvgIpc) is 2.27. The Morgan fingerprint density at radius 2 is 1.82 bits per heavy atom. The van der Waals surface area contributed by atoms with E-state index in [-0.39, 0.29) is 0 Å². The number of hydrogen-bond acceptors (Lipinski definition) is 1. The minimum absolute atomic E-state index is 0.600. The van der Waals surface area contributed by atoms with Gasteiger partial charge in [0.25, 0.3) is 0 Å². The van der Waals surface area contributed by atoms with Gasteiger partial charge in [-0.05, 0) is 43.6 Å². The van der Waals surface area contributed by atoms with Crippen LogP contribution in [0.2, 0.25) is 0 Å². The number of rotatable bonds is 6. The smallest absolute Gasteiger partial charge is 0.0123 e. The Bertz CT molecular complexity index is 214. The van der Waals surface area contributed by atoms with E-state index in [1.165, 1.54) is 70.8 Å². The molecule has 1 atom stereocenters. The van der Waals surface area contributed by atoms with Crippen LogP contribution in [0.3, 0.4) is 0 Å². The summed E-state index contributed by atoms with van der Waals surface area (Å²) in [5, 5.41) is 3.88. The topological polar surface area (TPSA) is 12.0 Å². The van der Waals surface area contributed by atoms with E-state index < -0.39 is 0 Å². The molecule has 2 fully saturated rings. The van der Waals surface area contributed by atoms with Gasteiger partial charge in [-0.3, -0.25) is 0 Å². The van der Waals surface area contributed by atoms with Gasteiger partial charge in [-0.1, -0.05) is 52.4 Å². The molecule has 0 heterocycles. The van der Waals surface area contributed by atoms with Crippen LogP contribution >= 0.6 is 0 Å². The molecule has 0 spiro atoms. The molecule has 0 radical (unpaired) electrons. The van der Waals surface area contributed by atoms with Gasteiger partial charge >= 0.3 is 0 Å². The van der Waals surface area contributed by atoms with E-state index in [9.17, 15) is 0 Å². The highest BCUT2D eigenvalue weighted by molar-refractivity contribution is 4.92. The fourth-order valence-corrected chi connectivity index (χ4v) is 3.70. The summed E-state index contributed by atoms with van der Waals surface area (Å²) in [4.78, 5) is 0. The second-order valence-corrected chi connectivity index (χ2v) is 6.75. The summed E-state index contributed by atoms with van der Waals surface area (Å²) in [6, 6.07) is 0.799. The largest absolute Gasteiger partial charge is 0.313 e. The summed E-state index contributed by atoms with van der Waals surface area (Å²) >= 11 is 0. The normalized spacial score (nSPS) is 26.5. The molecular weight excluding hydrogens is 206 g/mol. The molecule has 2 aliphatic rings. The molecule has 0 amide bonds. The molecule has 17 heavy (non-hydrogen) atoms. The molecule has 1 unspecified atom stereocenters. The Morgan fingerprint density at radius 1 is 1.12 bits per heavy atom. The van der Waals surface area contributed by atoms with Crippen LogP contribution < -0.4 is 5.32 Å². The van der Waals surface area contributed by atoms with E-state index in [0.29, 0.717) is 5.41 Å². The molecule has 0 aliphatic heterocycles. The summed E-state index contributed by atoms with van der Waals surface area (Å²) in [5.41, 5.74) is 0.600. The minimum Gasteiger partial charge on any atom is -0.313 e. The summed E-state index contributed by atoms with van der Waals surface area (Å²) in [6.45, 7) is 6.06. The van der Waals surface area contributed by atoms with Crippen molar-refractivity contribution in [3.8, 4) is 0 Å². The molecule has 1 nitrogen and oxygen atoms in total. The number of nitrogens with one attached hydrogen (secondary N) is 1. The predicted octanol–water partition coefficient (Wildman–Crippen LogP) is 4.52. The molecule has 1 N–H and O–H groups in total. The van der Waals surface area contributed by atoms with Crippen LogP contribution in [-0.4, -0.2) is 12.6 Å². The Hall–Kier alpha value is -0.0400. The molecule has 1 heteroatoms. The van der Waals surface area contributed by atoms with Crippen LogP contribution in [-0.2, 0) is 0 Å². The zero-order chi connectivity index (χ0) is 12.1. The van der Waals surface area contributed by atoms with Crippen molar-refractivity contribution in [3.05, 3.63) is 0 Å². The fraction of sp³-hybridized carbons (Fsp3) is 1.00.